The van der Waals surface area contributed by atoms with Gasteiger partial charge in [-0.1, -0.05) is 44.4 Å². The second kappa shape index (κ2) is 8.61. The van der Waals surface area contributed by atoms with Crippen LogP contribution in [0.5, 0.6) is 0 Å². The molecular formula is C21H25N3O2. The van der Waals surface area contributed by atoms with Gasteiger partial charge < -0.3 is 10.6 Å². The van der Waals surface area contributed by atoms with Gasteiger partial charge in [0.2, 0.25) is 0 Å². The van der Waals surface area contributed by atoms with Gasteiger partial charge in [-0.3, -0.25) is 14.6 Å². The molecule has 2 N–H and O–H groups in total. The highest BCUT2D eigenvalue weighted by atomic mass is 16.2. The number of nitrogens with one attached hydrogen (secondary N) is 2. The van der Waals surface area contributed by atoms with Crippen LogP contribution in [0.3, 0.4) is 0 Å². The van der Waals surface area contributed by atoms with Crippen molar-refractivity contribution in [3.63, 3.8) is 0 Å². The van der Waals surface area contributed by atoms with Gasteiger partial charge in [0.05, 0.1) is 0 Å². The first-order valence-electron chi connectivity index (χ1n) is 9.33. The third-order valence-corrected chi connectivity index (χ3v) is 4.84. The lowest BCUT2D eigenvalue weighted by Gasteiger charge is -2.22. The summed E-state index contributed by atoms with van der Waals surface area (Å²) >= 11 is 0. The summed E-state index contributed by atoms with van der Waals surface area (Å²) in [4.78, 5) is 29.2. The van der Waals surface area contributed by atoms with Gasteiger partial charge >= 0.3 is 0 Å². The van der Waals surface area contributed by atoms with Crippen LogP contribution in [0.4, 0.5) is 5.69 Å². The van der Waals surface area contributed by atoms with Gasteiger partial charge in [-0.15, -0.1) is 0 Å². The molecule has 0 spiro atoms. The monoisotopic (exact) mass is 351 g/mol. The second-order valence-electron chi connectivity index (χ2n) is 6.70. The molecule has 1 aromatic heterocycles. The molecule has 2 aromatic rings. The number of aryl methyl sites for hydroxylation is 1. The van der Waals surface area contributed by atoms with E-state index in [9.17, 15) is 9.59 Å². The van der Waals surface area contributed by atoms with Crippen LogP contribution < -0.4 is 10.6 Å². The van der Waals surface area contributed by atoms with E-state index in [1.807, 2.05) is 31.2 Å². The number of aromatic nitrogens is 1. The van der Waals surface area contributed by atoms with E-state index in [2.05, 4.69) is 15.6 Å². The Balaban J connectivity index is 1.69. The molecule has 1 heterocycles. The lowest BCUT2D eigenvalue weighted by atomic mass is 9.95. The summed E-state index contributed by atoms with van der Waals surface area (Å²) in [6, 6.07) is 11.1. The summed E-state index contributed by atoms with van der Waals surface area (Å²) in [5.41, 5.74) is 2.59. The summed E-state index contributed by atoms with van der Waals surface area (Å²) in [5.74, 6) is -0.444. The first-order valence-corrected chi connectivity index (χ1v) is 9.33. The molecule has 1 saturated carbocycles. The number of anilines is 1. The number of amides is 2. The lowest BCUT2D eigenvalue weighted by Crippen LogP contribution is -2.36. The van der Waals surface area contributed by atoms with Crippen molar-refractivity contribution in [3.05, 3.63) is 59.4 Å². The number of pyridine rings is 1. The molecule has 1 aliphatic carbocycles. The fourth-order valence-corrected chi connectivity index (χ4v) is 3.35. The Hall–Kier alpha value is -2.69. The van der Waals surface area contributed by atoms with Crippen LogP contribution in [0, 0.1) is 0 Å². The fraction of sp³-hybridized carbons (Fsp3) is 0.381. The minimum Gasteiger partial charge on any atom is -0.348 e. The minimum atomic E-state index is -0.236. The molecule has 3 rings (SSSR count). The smallest absolute Gasteiger partial charge is 0.270 e. The highest BCUT2D eigenvalue weighted by Gasteiger charge is 2.18. The van der Waals surface area contributed by atoms with Crippen molar-refractivity contribution in [2.45, 2.75) is 51.5 Å². The van der Waals surface area contributed by atoms with E-state index in [1.165, 1.54) is 12.6 Å². The highest BCUT2D eigenvalue weighted by molar-refractivity contribution is 6.06. The SMILES string of the molecule is CCc1ccccc1NC(=O)c1ccnc(C(=O)NC2CCCCC2)c1. The Bertz CT molecular complexity index is 782. The van der Waals surface area contributed by atoms with Gasteiger partial charge in [0.1, 0.15) is 5.69 Å². The quantitative estimate of drug-likeness (QED) is 0.856. The Morgan fingerprint density at radius 1 is 1.08 bits per heavy atom. The van der Waals surface area contributed by atoms with Crippen LogP contribution in [-0.2, 0) is 6.42 Å². The molecule has 26 heavy (non-hydrogen) atoms. The number of hydrogen-bond donors (Lipinski definition) is 2. The number of nitrogens with zero attached hydrogens (tertiary/aromatic N) is 1. The van der Waals surface area contributed by atoms with Crippen molar-refractivity contribution < 1.29 is 9.59 Å². The summed E-state index contributed by atoms with van der Waals surface area (Å²) in [7, 11) is 0. The number of carbonyl (C=O) groups is 2. The summed E-state index contributed by atoms with van der Waals surface area (Å²) < 4.78 is 0. The number of rotatable bonds is 5. The highest BCUT2D eigenvalue weighted by Crippen LogP contribution is 2.19. The zero-order valence-corrected chi connectivity index (χ0v) is 15.1. The lowest BCUT2D eigenvalue weighted by molar-refractivity contribution is 0.0922. The molecule has 5 nitrogen and oxygen atoms in total. The van der Waals surface area contributed by atoms with E-state index in [-0.39, 0.29) is 23.6 Å². The predicted octanol–water partition coefficient (Wildman–Crippen LogP) is 3.96. The van der Waals surface area contributed by atoms with Crippen molar-refractivity contribution in [3.8, 4) is 0 Å². The predicted molar refractivity (Wildman–Crippen MR) is 102 cm³/mol. The zero-order valence-electron chi connectivity index (χ0n) is 15.1. The molecule has 0 bridgehead atoms. The third kappa shape index (κ3) is 4.48. The Morgan fingerprint density at radius 2 is 1.85 bits per heavy atom. The van der Waals surface area contributed by atoms with E-state index >= 15 is 0 Å². The molecule has 2 amide bonds. The largest absolute Gasteiger partial charge is 0.348 e. The van der Waals surface area contributed by atoms with E-state index in [0.29, 0.717) is 5.56 Å². The number of hydrogen-bond acceptors (Lipinski definition) is 3. The van der Waals surface area contributed by atoms with Crippen molar-refractivity contribution >= 4 is 17.5 Å². The molecule has 0 saturated heterocycles. The number of para-hydroxylation sites is 1. The second-order valence-corrected chi connectivity index (χ2v) is 6.70. The van der Waals surface area contributed by atoms with Crippen LogP contribution in [0.2, 0.25) is 0 Å². The van der Waals surface area contributed by atoms with E-state index < -0.39 is 0 Å². The maximum absolute atomic E-state index is 12.6. The summed E-state index contributed by atoms with van der Waals surface area (Å²) in [6.07, 6.45) is 7.91. The van der Waals surface area contributed by atoms with E-state index in [4.69, 9.17) is 0 Å². The minimum absolute atomic E-state index is 0.208. The van der Waals surface area contributed by atoms with E-state index in [1.54, 1.807) is 12.1 Å². The van der Waals surface area contributed by atoms with Gasteiger partial charge in [-0.25, -0.2) is 0 Å². The summed E-state index contributed by atoms with van der Waals surface area (Å²) in [6.45, 7) is 2.05. The molecule has 1 aliphatic rings. The average Bonchev–Trinajstić information content (AvgIpc) is 2.69. The third-order valence-electron chi connectivity index (χ3n) is 4.84. The maximum Gasteiger partial charge on any atom is 0.270 e. The van der Waals surface area contributed by atoms with Gasteiger partial charge in [0.15, 0.2) is 0 Å². The zero-order chi connectivity index (χ0) is 18.4. The average molecular weight is 351 g/mol. The molecule has 0 atom stereocenters. The number of benzene rings is 1. The Labute approximate surface area is 154 Å². The molecular weight excluding hydrogens is 326 g/mol. The molecule has 0 radical (unpaired) electrons. The normalized spacial score (nSPS) is 14.7. The molecule has 1 aromatic carbocycles. The van der Waals surface area contributed by atoms with Crippen molar-refractivity contribution in [1.82, 2.24) is 10.3 Å². The van der Waals surface area contributed by atoms with Gasteiger partial charge in [0.25, 0.3) is 11.8 Å². The Kier molecular flexibility index (Phi) is 6.00. The van der Waals surface area contributed by atoms with Crippen LogP contribution in [-0.4, -0.2) is 22.8 Å². The van der Waals surface area contributed by atoms with Crippen molar-refractivity contribution in [2.75, 3.05) is 5.32 Å². The standard InChI is InChI=1S/C21H25N3O2/c1-2-15-8-6-7-11-18(15)24-20(25)16-12-13-22-19(14-16)21(26)23-17-9-4-3-5-10-17/h6-8,11-14,17H,2-5,9-10H2,1H3,(H,23,26)(H,24,25). The van der Waals surface area contributed by atoms with Crippen LogP contribution in [0.1, 0.15) is 65.4 Å². The fourth-order valence-electron chi connectivity index (χ4n) is 3.35. The molecule has 5 heteroatoms. The summed E-state index contributed by atoms with van der Waals surface area (Å²) in [5, 5.41) is 5.96. The molecule has 1 fully saturated rings. The van der Waals surface area contributed by atoms with Gasteiger partial charge in [0, 0.05) is 23.5 Å². The van der Waals surface area contributed by atoms with Crippen molar-refractivity contribution in [2.24, 2.45) is 0 Å². The first-order chi connectivity index (χ1) is 12.7. The Morgan fingerprint density at radius 3 is 2.62 bits per heavy atom. The van der Waals surface area contributed by atoms with E-state index in [0.717, 1.165) is 43.4 Å². The molecule has 0 unspecified atom stereocenters. The molecule has 0 aliphatic heterocycles. The van der Waals surface area contributed by atoms with Gasteiger partial charge in [-0.05, 0) is 43.0 Å². The van der Waals surface area contributed by atoms with Crippen LogP contribution in [0.15, 0.2) is 42.6 Å². The van der Waals surface area contributed by atoms with Crippen molar-refractivity contribution in [1.29, 1.82) is 0 Å². The maximum atomic E-state index is 12.6. The molecule has 136 valence electrons. The first kappa shape index (κ1) is 18.1. The van der Waals surface area contributed by atoms with Gasteiger partial charge in [-0.2, -0.15) is 0 Å². The van der Waals surface area contributed by atoms with Crippen LogP contribution >= 0.6 is 0 Å². The topological polar surface area (TPSA) is 71.1 Å². The van der Waals surface area contributed by atoms with Crippen LogP contribution in [0.25, 0.3) is 0 Å². The number of carbonyl (C=O) groups excluding carboxylic acids is 2.